The molecule has 2 amide bonds. The molecule has 4 N–H and O–H groups in total. The molecule has 0 aromatic carbocycles. The fraction of sp³-hybridized carbons (Fsp3) is 0.571. The Hall–Kier alpha value is -1.40. The largest absolute Gasteiger partial charge is 0.351 e. The summed E-state index contributed by atoms with van der Waals surface area (Å²) in [6.07, 6.45) is 5.35. The highest BCUT2D eigenvalue weighted by atomic mass is 32.1. The van der Waals surface area contributed by atoms with Crippen molar-refractivity contribution in [3.63, 3.8) is 0 Å². The van der Waals surface area contributed by atoms with Gasteiger partial charge in [-0.15, -0.1) is 11.3 Å². The maximum absolute atomic E-state index is 12.3. The van der Waals surface area contributed by atoms with E-state index in [1.807, 2.05) is 0 Å². The molecule has 20 heavy (non-hydrogen) atoms. The summed E-state index contributed by atoms with van der Waals surface area (Å²) in [6, 6.07) is 0. The normalized spacial score (nSPS) is 14.3. The molecular formula is C14H21N3O2S. The first-order valence-corrected chi connectivity index (χ1v) is 7.85. The molecule has 1 aliphatic rings. The van der Waals surface area contributed by atoms with Crippen LogP contribution in [0.5, 0.6) is 0 Å². The zero-order valence-corrected chi connectivity index (χ0v) is 12.6. The minimum absolute atomic E-state index is 0.126. The van der Waals surface area contributed by atoms with Crippen molar-refractivity contribution in [3.8, 4) is 0 Å². The topological polar surface area (TPSA) is 84.2 Å². The van der Waals surface area contributed by atoms with Gasteiger partial charge in [0.25, 0.3) is 5.91 Å². The van der Waals surface area contributed by atoms with Crippen LogP contribution in [-0.4, -0.2) is 24.9 Å². The Labute approximate surface area is 122 Å². The number of anilines is 1. The van der Waals surface area contributed by atoms with Crippen LogP contribution in [0, 0.1) is 0 Å². The molecule has 1 aromatic rings. The van der Waals surface area contributed by atoms with Crippen molar-refractivity contribution < 1.29 is 9.59 Å². The maximum Gasteiger partial charge on any atom is 0.254 e. The molecule has 1 aliphatic carbocycles. The van der Waals surface area contributed by atoms with Crippen LogP contribution in [0.15, 0.2) is 0 Å². The number of aryl methyl sites for hydroxylation is 1. The second-order valence-corrected chi connectivity index (χ2v) is 6.10. The lowest BCUT2D eigenvalue weighted by atomic mass is 10.0. The summed E-state index contributed by atoms with van der Waals surface area (Å²) in [7, 11) is 0. The second-order valence-electron chi connectivity index (χ2n) is 4.99. The van der Waals surface area contributed by atoms with Crippen molar-refractivity contribution >= 4 is 28.2 Å². The molecule has 0 saturated carbocycles. The molecule has 0 atom stereocenters. The Morgan fingerprint density at radius 3 is 2.70 bits per heavy atom. The summed E-state index contributed by atoms with van der Waals surface area (Å²) in [5, 5.41) is 6.29. The Balaban J connectivity index is 2.35. The fourth-order valence-corrected chi connectivity index (χ4v) is 3.84. The summed E-state index contributed by atoms with van der Waals surface area (Å²) < 4.78 is 0. The number of amides is 2. The average molecular weight is 295 g/mol. The summed E-state index contributed by atoms with van der Waals surface area (Å²) in [6.45, 7) is 2.32. The molecule has 0 fully saturated rings. The van der Waals surface area contributed by atoms with Crippen LogP contribution in [0.2, 0.25) is 0 Å². The molecule has 1 aromatic heterocycles. The number of carbonyl (C=O) groups is 2. The van der Waals surface area contributed by atoms with Crippen LogP contribution in [0.1, 0.15) is 47.0 Å². The third-order valence-corrected chi connectivity index (χ3v) is 4.58. The zero-order chi connectivity index (χ0) is 14.5. The van der Waals surface area contributed by atoms with E-state index in [9.17, 15) is 9.59 Å². The van der Waals surface area contributed by atoms with E-state index >= 15 is 0 Å². The summed E-state index contributed by atoms with van der Waals surface area (Å²) in [4.78, 5) is 24.9. The first-order chi connectivity index (χ1) is 9.63. The van der Waals surface area contributed by atoms with E-state index in [0.29, 0.717) is 23.7 Å². The Kier molecular flexibility index (Phi) is 5.14. The molecule has 5 nitrogen and oxygen atoms in total. The van der Waals surface area contributed by atoms with Gasteiger partial charge < -0.3 is 16.4 Å². The predicted octanol–water partition coefficient (Wildman–Crippen LogP) is 1.66. The number of hydrogen-bond donors (Lipinski definition) is 3. The van der Waals surface area contributed by atoms with E-state index in [2.05, 4.69) is 10.6 Å². The lowest BCUT2D eigenvalue weighted by molar-refractivity contribution is -0.114. The van der Waals surface area contributed by atoms with Crippen molar-refractivity contribution in [2.24, 2.45) is 5.73 Å². The van der Waals surface area contributed by atoms with Gasteiger partial charge in [0.15, 0.2) is 0 Å². The minimum atomic E-state index is -0.144. The van der Waals surface area contributed by atoms with Crippen LogP contribution in [-0.2, 0) is 17.6 Å². The first kappa shape index (κ1) is 15.0. The number of carbonyl (C=O) groups excluding carboxylic acids is 2. The van der Waals surface area contributed by atoms with Gasteiger partial charge in [-0.2, -0.15) is 0 Å². The van der Waals surface area contributed by atoms with E-state index < -0.39 is 0 Å². The van der Waals surface area contributed by atoms with Crippen LogP contribution >= 0.6 is 11.3 Å². The van der Waals surface area contributed by atoms with Gasteiger partial charge in [-0.3, -0.25) is 9.59 Å². The average Bonchev–Trinajstić information content (AvgIpc) is 2.58. The van der Waals surface area contributed by atoms with Crippen molar-refractivity contribution in [2.75, 3.05) is 18.4 Å². The van der Waals surface area contributed by atoms with Crippen molar-refractivity contribution in [3.05, 3.63) is 16.0 Å². The van der Waals surface area contributed by atoms with Crippen LogP contribution in [0.25, 0.3) is 0 Å². The zero-order valence-electron chi connectivity index (χ0n) is 11.8. The Bertz CT molecular complexity index is 511. The highest BCUT2D eigenvalue weighted by Crippen LogP contribution is 2.37. The predicted molar refractivity (Wildman–Crippen MR) is 81.3 cm³/mol. The molecule has 0 unspecified atom stereocenters. The molecule has 6 heteroatoms. The highest BCUT2D eigenvalue weighted by molar-refractivity contribution is 7.17. The molecule has 0 radical (unpaired) electrons. The number of thiophene rings is 1. The lowest BCUT2D eigenvalue weighted by Crippen LogP contribution is -2.30. The quantitative estimate of drug-likeness (QED) is 0.739. The first-order valence-electron chi connectivity index (χ1n) is 7.04. The van der Waals surface area contributed by atoms with Crippen molar-refractivity contribution in [2.45, 2.75) is 39.0 Å². The van der Waals surface area contributed by atoms with Crippen molar-refractivity contribution in [1.29, 1.82) is 0 Å². The standard InChI is InChI=1S/C14H21N3O2S/c1-9(18)17-14-12(13(19)16-8-7-15)10-5-3-2-4-6-11(10)20-14/h2-8,15H2,1H3,(H,16,19)(H,17,18). The van der Waals surface area contributed by atoms with Gasteiger partial charge in [-0.25, -0.2) is 0 Å². The highest BCUT2D eigenvalue weighted by Gasteiger charge is 2.24. The van der Waals surface area contributed by atoms with E-state index in [1.165, 1.54) is 18.2 Å². The van der Waals surface area contributed by atoms with Gasteiger partial charge in [-0.05, 0) is 31.2 Å². The fourth-order valence-electron chi connectivity index (χ4n) is 2.50. The van der Waals surface area contributed by atoms with Gasteiger partial charge in [0.05, 0.1) is 5.56 Å². The molecular weight excluding hydrogens is 274 g/mol. The van der Waals surface area contributed by atoms with Gasteiger partial charge in [0.1, 0.15) is 5.00 Å². The summed E-state index contributed by atoms with van der Waals surface area (Å²) >= 11 is 1.54. The Morgan fingerprint density at radius 1 is 1.25 bits per heavy atom. The molecule has 0 saturated heterocycles. The van der Waals surface area contributed by atoms with Gasteiger partial charge in [0, 0.05) is 24.9 Å². The third kappa shape index (κ3) is 3.37. The SMILES string of the molecule is CC(=O)Nc1sc2c(c1C(=O)NCCN)CCCCC2. The second kappa shape index (κ2) is 6.85. The Morgan fingerprint density at radius 2 is 2.00 bits per heavy atom. The monoisotopic (exact) mass is 295 g/mol. The smallest absolute Gasteiger partial charge is 0.254 e. The summed E-state index contributed by atoms with van der Waals surface area (Å²) in [5.74, 6) is -0.270. The number of nitrogens with one attached hydrogen (secondary N) is 2. The number of hydrogen-bond acceptors (Lipinski definition) is 4. The molecule has 0 bridgehead atoms. The third-order valence-electron chi connectivity index (χ3n) is 3.37. The van der Waals surface area contributed by atoms with E-state index in [-0.39, 0.29) is 11.8 Å². The van der Waals surface area contributed by atoms with Crippen LogP contribution < -0.4 is 16.4 Å². The van der Waals surface area contributed by atoms with E-state index in [0.717, 1.165) is 31.2 Å². The van der Waals surface area contributed by atoms with E-state index in [4.69, 9.17) is 5.73 Å². The van der Waals surface area contributed by atoms with Crippen molar-refractivity contribution in [1.82, 2.24) is 5.32 Å². The van der Waals surface area contributed by atoms with Gasteiger partial charge >= 0.3 is 0 Å². The molecule has 2 rings (SSSR count). The van der Waals surface area contributed by atoms with Gasteiger partial charge in [-0.1, -0.05) is 6.42 Å². The molecule has 1 heterocycles. The number of rotatable bonds is 4. The summed E-state index contributed by atoms with van der Waals surface area (Å²) in [5.41, 5.74) is 7.20. The van der Waals surface area contributed by atoms with Gasteiger partial charge in [0.2, 0.25) is 5.91 Å². The molecule has 0 aliphatic heterocycles. The molecule has 110 valence electrons. The lowest BCUT2D eigenvalue weighted by Gasteiger charge is -2.08. The van der Waals surface area contributed by atoms with E-state index in [1.54, 1.807) is 11.3 Å². The maximum atomic E-state index is 12.3. The molecule has 0 spiro atoms. The van der Waals surface area contributed by atoms with Crippen LogP contribution in [0.4, 0.5) is 5.00 Å². The van der Waals surface area contributed by atoms with Crippen LogP contribution in [0.3, 0.4) is 0 Å². The number of fused-ring (bicyclic) bond motifs is 1. The minimum Gasteiger partial charge on any atom is -0.351 e. The number of nitrogens with two attached hydrogens (primary N) is 1.